The summed E-state index contributed by atoms with van der Waals surface area (Å²) in [5.74, 6) is -1.33. The minimum atomic E-state index is -4.88. The Morgan fingerprint density at radius 3 is 2.36 bits per heavy atom. The zero-order valence-corrected chi connectivity index (χ0v) is 21.9. The SMILES string of the molecule is C=C/C(=C\C=C/C)[C@H]1CCC(C(F)(F)F)N(Cc2cc(F)c(N3C[C@@H]4[C@H](C3)[C@H]4n3cnnc3)cc2F)S1(=O)=O. The highest BCUT2D eigenvalue weighted by Crippen LogP contribution is 2.56. The van der Waals surface area contributed by atoms with E-state index < -0.39 is 57.7 Å². The first-order chi connectivity index (χ1) is 18.5. The van der Waals surface area contributed by atoms with E-state index in [-0.39, 0.29) is 39.9 Å². The Morgan fingerprint density at radius 2 is 1.77 bits per heavy atom. The van der Waals surface area contributed by atoms with Gasteiger partial charge in [0.15, 0.2) is 0 Å². The van der Waals surface area contributed by atoms with Gasteiger partial charge in [0.2, 0.25) is 10.0 Å². The van der Waals surface area contributed by atoms with E-state index in [0.29, 0.717) is 13.1 Å². The van der Waals surface area contributed by atoms with Crippen molar-refractivity contribution in [1.29, 1.82) is 0 Å². The largest absolute Gasteiger partial charge is 0.405 e. The van der Waals surface area contributed by atoms with Crippen LogP contribution in [0.3, 0.4) is 0 Å². The number of piperidine rings is 1. The van der Waals surface area contributed by atoms with E-state index >= 15 is 8.78 Å². The van der Waals surface area contributed by atoms with Gasteiger partial charge in [0, 0.05) is 49.1 Å². The highest BCUT2D eigenvalue weighted by molar-refractivity contribution is 7.90. The van der Waals surface area contributed by atoms with Crippen molar-refractivity contribution in [3.8, 4) is 0 Å². The highest BCUT2D eigenvalue weighted by atomic mass is 32.2. The molecule has 0 N–H and O–H groups in total. The molecule has 7 nitrogen and oxygen atoms in total. The zero-order chi connectivity index (χ0) is 28.1. The van der Waals surface area contributed by atoms with Crippen LogP contribution < -0.4 is 4.90 Å². The number of anilines is 1. The molecular formula is C26H28F5N5O2S. The summed E-state index contributed by atoms with van der Waals surface area (Å²) >= 11 is 0. The predicted octanol–water partition coefficient (Wildman–Crippen LogP) is 4.78. The van der Waals surface area contributed by atoms with Crippen LogP contribution in [0.15, 0.2) is 61.2 Å². The summed E-state index contributed by atoms with van der Waals surface area (Å²) < 4.78 is 101. The van der Waals surface area contributed by atoms with Gasteiger partial charge < -0.3 is 9.47 Å². The third kappa shape index (κ3) is 5.02. The summed E-state index contributed by atoms with van der Waals surface area (Å²) in [6.07, 6.45) is 3.54. The smallest absolute Gasteiger partial charge is 0.368 e. The Labute approximate surface area is 223 Å². The molecule has 1 unspecified atom stereocenters. The number of fused-ring (bicyclic) bond motifs is 1. The molecule has 0 radical (unpaired) electrons. The second kappa shape index (κ2) is 10.2. The lowest BCUT2D eigenvalue weighted by Gasteiger charge is -2.40. The Hall–Kier alpha value is -3.06. The second-order valence-corrected chi connectivity index (χ2v) is 12.2. The topological polar surface area (TPSA) is 71.3 Å². The summed E-state index contributed by atoms with van der Waals surface area (Å²) in [4.78, 5) is 1.70. The molecule has 0 spiro atoms. The predicted molar refractivity (Wildman–Crippen MR) is 135 cm³/mol. The zero-order valence-electron chi connectivity index (χ0n) is 21.1. The average Bonchev–Trinajstić information content (AvgIpc) is 3.23. The molecule has 3 heterocycles. The first-order valence-electron chi connectivity index (χ1n) is 12.6. The molecule has 3 fully saturated rings. The maximum Gasteiger partial charge on any atom is 0.405 e. The number of hydrogen-bond donors (Lipinski definition) is 0. The Morgan fingerprint density at radius 1 is 1.10 bits per heavy atom. The van der Waals surface area contributed by atoms with E-state index in [1.807, 2.05) is 4.57 Å². The number of sulfonamides is 1. The number of hydrogen-bond acceptors (Lipinski definition) is 5. The summed E-state index contributed by atoms with van der Waals surface area (Å²) in [7, 11) is -4.59. The number of alkyl halides is 3. The van der Waals surface area contributed by atoms with Crippen LogP contribution in [0.4, 0.5) is 27.6 Å². The maximum atomic E-state index is 15.3. The van der Waals surface area contributed by atoms with Gasteiger partial charge >= 0.3 is 6.18 Å². The molecule has 5 rings (SSSR count). The van der Waals surface area contributed by atoms with Crippen molar-refractivity contribution in [2.45, 2.75) is 49.8 Å². The minimum Gasteiger partial charge on any atom is -0.368 e. The van der Waals surface area contributed by atoms with Gasteiger partial charge in [-0.2, -0.15) is 17.5 Å². The van der Waals surface area contributed by atoms with Gasteiger partial charge in [0.1, 0.15) is 35.6 Å². The van der Waals surface area contributed by atoms with Crippen LogP contribution in [-0.2, 0) is 16.6 Å². The summed E-state index contributed by atoms with van der Waals surface area (Å²) in [6, 6.07) is -0.403. The van der Waals surface area contributed by atoms with Gasteiger partial charge in [-0.05, 0) is 31.4 Å². The molecule has 5 atom stereocenters. The summed E-state index contributed by atoms with van der Waals surface area (Å²) in [5.41, 5.74) is -0.224. The lowest BCUT2D eigenvalue weighted by molar-refractivity contribution is -0.176. The number of aromatic nitrogens is 3. The number of allylic oxidation sites excluding steroid dienone is 4. The molecule has 1 aromatic carbocycles. The molecule has 0 amide bonds. The molecule has 0 bridgehead atoms. The lowest BCUT2D eigenvalue weighted by Crippen LogP contribution is -2.55. The fourth-order valence-corrected chi connectivity index (χ4v) is 8.11. The van der Waals surface area contributed by atoms with Crippen molar-refractivity contribution in [3.05, 3.63) is 78.4 Å². The average molecular weight is 570 g/mol. The Balaban J connectivity index is 1.40. The molecule has 2 aromatic rings. The maximum absolute atomic E-state index is 15.3. The third-order valence-electron chi connectivity index (χ3n) is 7.92. The lowest BCUT2D eigenvalue weighted by atomic mass is 10.0. The minimum absolute atomic E-state index is 0.000866. The van der Waals surface area contributed by atoms with E-state index in [4.69, 9.17) is 0 Å². The summed E-state index contributed by atoms with van der Waals surface area (Å²) in [5, 5.41) is 6.31. The van der Waals surface area contributed by atoms with Crippen molar-refractivity contribution in [2.24, 2.45) is 11.8 Å². The van der Waals surface area contributed by atoms with Crippen LogP contribution in [0.2, 0.25) is 0 Å². The fourth-order valence-electron chi connectivity index (χ4n) is 5.93. The molecule has 13 heteroatoms. The number of halogens is 5. The molecule has 39 heavy (non-hydrogen) atoms. The van der Waals surface area contributed by atoms with Crippen LogP contribution in [0.25, 0.3) is 0 Å². The molecule has 1 aliphatic carbocycles. The monoisotopic (exact) mass is 569 g/mol. The van der Waals surface area contributed by atoms with Crippen LogP contribution in [-0.4, -0.2) is 58.0 Å². The van der Waals surface area contributed by atoms with Crippen molar-refractivity contribution in [3.63, 3.8) is 0 Å². The number of nitrogens with zero attached hydrogens (tertiary/aromatic N) is 5. The molecule has 1 saturated carbocycles. The van der Waals surface area contributed by atoms with Gasteiger partial charge in [0.25, 0.3) is 0 Å². The molecule has 2 aliphatic heterocycles. The van der Waals surface area contributed by atoms with Gasteiger partial charge in [-0.15, -0.1) is 10.2 Å². The molecule has 210 valence electrons. The quantitative estimate of drug-likeness (QED) is 0.355. The van der Waals surface area contributed by atoms with E-state index in [1.165, 1.54) is 12.2 Å². The first-order valence-corrected chi connectivity index (χ1v) is 14.1. The van der Waals surface area contributed by atoms with E-state index in [2.05, 4.69) is 16.8 Å². The van der Waals surface area contributed by atoms with E-state index in [1.54, 1.807) is 36.6 Å². The number of benzene rings is 1. The normalized spacial score (nSPS) is 29.1. The van der Waals surface area contributed by atoms with Gasteiger partial charge in [-0.3, -0.25) is 0 Å². The van der Waals surface area contributed by atoms with Gasteiger partial charge in [0.05, 0.1) is 5.69 Å². The van der Waals surface area contributed by atoms with Crippen LogP contribution >= 0.6 is 0 Å². The van der Waals surface area contributed by atoms with Crippen LogP contribution in [0.5, 0.6) is 0 Å². The Bertz CT molecular complexity index is 1390. The second-order valence-electron chi connectivity index (χ2n) is 10.1. The standard InChI is InChI=1S/C26H28F5N5O2S/c1-3-5-6-16(4-2)23-7-8-24(26(29,30)31)36(39(23,37)38)11-17-9-21(28)22(10-20(17)27)34-12-18-19(13-34)25(18)35-14-32-33-15-35/h3-6,9-10,14-15,18-19,23-25H,2,7-8,11-13H2,1H3/b5-3-,16-6+/t18-,19+,23-,24?,25+/m1/s1. The summed E-state index contributed by atoms with van der Waals surface area (Å²) in [6.45, 7) is 5.32. The van der Waals surface area contributed by atoms with Crippen molar-refractivity contribution >= 4 is 15.7 Å². The van der Waals surface area contributed by atoms with E-state index in [9.17, 15) is 21.6 Å². The molecule has 1 aromatic heterocycles. The molecular weight excluding hydrogens is 541 g/mol. The van der Waals surface area contributed by atoms with Crippen LogP contribution in [0, 0.1) is 23.5 Å². The van der Waals surface area contributed by atoms with Gasteiger partial charge in [-0.1, -0.05) is 30.9 Å². The van der Waals surface area contributed by atoms with Crippen LogP contribution in [0.1, 0.15) is 31.4 Å². The highest BCUT2D eigenvalue weighted by Gasteiger charge is 2.57. The fraction of sp³-hybridized carbons (Fsp3) is 0.462. The van der Waals surface area contributed by atoms with Crippen molar-refractivity contribution in [2.75, 3.05) is 18.0 Å². The molecule has 3 aliphatic rings. The third-order valence-corrected chi connectivity index (χ3v) is 10.2. The first kappa shape index (κ1) is 27.5. The van der Waals surface area contributed by atoms with Gasteiger partial charge in [-0.25, -0.2) is 17.2 Å². The Kier molecular flexibility index (Phi) is 7.17. The molecule has 2 saturated heterocycles. The number of rotatable bonds is 7. The van der Waals surface area contributed by atoms with E-state index in [0.717, 1.165) is 12.1 Å². The van der Waals surface area contributed by atoms with Crippen molar-refractivity contribution < 1.29 is 30.4 Å². The van der Waals surface area contributed by atoms with Crippen molar-refractivity contribution in [1.82, 2.24) is 19.1 Å².